The zero-order chi connectivity index (χ0) is 18.5. The van der Waals surface area contributed by atoms with Gasteiger partial charge < -0.3 is 15.3 Å². The lowest BCUT2D eigenvalue weighted by molar-refractivity contribution is -0.116. The minimum absolute atomic E-state index is 0.0476. The van der Waals surface area contributed by atoms with Crippen LogP contribution in [0.2, 0.25) is 0 Å². The third-order valence-corrected chi connectivity index (χ3v) is 4.19. The molecule has 3 aromatic rings. The third-order valence-electron chi connectivity index (χ3n) is 4.19. The highest BCUT2D eigenvalue weighted by Gasteiger charge is 2.10. The Bertz CT molecular complexity index is 983. The van der Waals surface area contributed by atoms with Crippen LogP contribution in [0.3, 0.4) is 0 Å². The van der Waals surface area contributed by atoms with Gasteiger partial charge >= 0.3 is 5.69 Å². The summed E-state index contributed by atoms with van der Waals surface area (Å²) in [5, 5.41) is 2.75. The van der Waals surface area contributed by atoms with Crippen molar-refractivity contribution < 1.29 is 9.59 Å². The zero-order valence-electron chi connectivity index (χ0n) is 14.6. The van der Waals surface area contributed by atoms with Gasteiger partial charge in [-0.1, -0.05) is 37.6 Å². The first-order chi connectivity index (χ1) is 12.5. The fourth-order valence-electron chi connectivity index (χ4n) is 2.85. The van der Waals surface area contributed by atoms with Crippen LogP contribution < -0.4 is 11.0 Å². The molecule has 0 bridgehead atoms. The number of Topliss-reactive ketones (excluding diaryl/α,β-unsaturated/α-hetero) is 1. The van der Waals surface area contributed by atoms with Crippen molar-refractivity contribution in [3.8, 4) is 0 Å². The van der Waals surface area contributed by atoms with Crippen molar-refractivity contribution in [2.45, 2.75) is 32.6 Å². The lowest BCUT2D eigenvalue weighted by Gasteiger charge is -2.06. The Hall–Kier alpha value is -3.15. The van der Waals surface area contributed by atoms with Crippen molar-refractivity contribution in [1.82, 2.24) is 9.97 Å². The first-order valence-corrected chi connectivity index (χ1v) is 8.69. The largest absolute Gasteiger partial charge is 0.326 e. The van der Waals surface area contributed by atoms with E-state index in [9.17, 15) is 14.4 Å². The predicted molar refractivity (Wildman–Crippen MR) is 102 cm³/mol. The van der Waals surface area contributed by atoms with Crippen LogP contribution in [-0.4, -0.2) is 21.7 Å². The van der Waals surface area contributed by atoms with Gasteiger partial charge in [-0.2, -0.15) is 0 Å². The van der Waals surface area contributed by atoms with Gasteiger partial charge in [0.1, 0.15) is 0 Å². The number of rotatable bonds is 7. The second kappa shape index (κ2) is 7.82. The molecule has 2 aromatic carbocycles. The van der Waals surface area contributed by atoms with Crippen LogP contribution in [0.4, 0.5) is 5.69 Å². The van der Waals surface area contributed by atoms with Crippen molar-refractivity contribution in [2.24, 2.45) is 0 Å². The van der Waals surface area contributed by atoms with Gasteiger partial charge in [-0.3, -0.25) is 9.59 Å². The minimum atomic E-state index is -0.293. The van der Waals surface area contributed by atoms with Gasteiger partial charge in [-0.15, -0.1) is 0 Å². The molecule has 0 fully saturated rings. The number of carbonyl (C=O) groups excluding carboxylic acids is 2. The van der Waals surface area contributed by atoms with Gasteiger partial charge in [-0.05, 0) is 30.2 Å². The topological polar surface area (TPSA) is 94.8 Å². The second-order valence-electron chi connectivity index (χ2n) is 6.26. The van der Waals surface area contributed by atoms with Crippen LogP contribution in [0, 0.1) is 0 Å². The normalized spacial score (nSPS) is 10.8. The second-order valence-corrected chi connectivity index (χ2v) is 6.26. The maximum atomic E-state index is 12.2. The Kier molecular flexibility index (Phi) is 5.31. The number of benzene rings is 2. The fourth-order valence-corrected chi connectivity index (χ4v) is 2.85. The Morgan fingerprint density at radius 2 is 1.69 bits per heavy atom. The van der Waals surface area contributed by atoms with Crippen LogP contribution in [0.1, 0.15) is 42.1 Å². The molecule has 0 radical (unpaired) electrons. The molecular weight excluding hydrogens is 330 g/mol. The van der Waals surface area contributed by atoms with E-state index in [0.717, 1.165) is 12.8 Å². The molecule has 0 unspecified atom stereocenters. The number of H-pyrrole nitrogens is 2. The van der Waals surface area contributed by atoms with Crippen LogP contribution in [-0.2, 0) is 11.2 Å². The zero-order valence-corrected chi connectivity index (χ0v) is 14.6. The number of imidazole rings is 1. The molecule has 1 heterocycles. The monoisotopic (exact) mass is 351 g/mol. The van der Waals surface area contributed by atoms with E-state index in [1.165, 1.54) is 5.56 Å². The molecular formula is C20H21N3O3. The van der Waals surface area contributed by atoms with E-state index in [1.807, 2.05) is 24.3 Å². The number of hydrogen-bond donors (Lipinski definition) is 3. The van der Waals surface area contributed by atoms with Gasteiger partial charge in [0.25, 0.3) is 0 Å². The van der Waals surface area contributed by atoms with E-state index in [-0.39, 0.29) is 30.2 Å². The summed E-state index contributed by atoms with van der Waals surface area (Å²) in [6.45, 7) is 2.11. The number of ketones is 1. The number of amides is 1. The van der Waals surface area contributed by atoms with Crippen LogP contribution >= 0.6 is 0 Å². The molecule has 3 N–H and O–H groups in total. The van der Waals surface area contributed by atoms with Crippen LogP contribution in [0.5, 0.6) is 0 Å². The first-order valence-electron chi connectivity index (χ1n) is 8.69. The van der Waals surface area contributed by atoms with E-state index in [0.29, 0.717) is 22.3 Å². The van der Waals surface area contributed by atoms with E-state index in [4.69, 9.17) is 0 Å². The number of nitrogens with one attached hydrogen (secondary N) is 3. The average Bonchev–Trinajstić information content (AvgIpc) is 3.00. The summed E-state index contributed by atoms with van der Waals surface area (Å²) in [7, 11) is 0. The standard InChI is InChI=1S/C20H21N3O3/c1-2-3-13-4-6-14(7-5-13)18(24)10-11-19(25)21-15-8-9-16-17(12-15)23-20(26)22-16/h4-9,12H,2-3,10-11H2,1H3,(H,21,25)(H2,22,23,26). The van der Waals surface area contributed by atoms with Crippen molar-refractivity contribution >= 4 is 28.4 Å². The SMILES string of the molecule is CCCc1ccc(C(=O)CCC(=O)Nc2ccc3[nH]c(=O)[nH]c3c2)cc1. The number of hydrogen-bond acceptors (Lipinski definition) is 3. The number of carbonyl (C=O) groups is 2. The van der Waals surface area contributed by atoms with E-state index >= 15 is 0 Å². The summed E-state index contributed by atoms with van der Waals surface area (Å²) in [6, 6.07) is 12.7. The molecule has 1 aromatic heterocycles. The summed E-state index contributed by atoms with van der Waals surface area (Å²) in [6.07, 6.45) is 2.32. The molecule has 26 heavy (non-hydrogen) atoms. The van der Waals surface area contributed by atoms with E-state index < -0.39 is 0 Å². The highest BCUT2D eigenvalue weighted by atomic mass is 16.2. The summed E-state index contributed by atoms with van der Waals surface area (Å²) in [5.74, 6) is -0.285. The van der Waals surface area contributed by atoms with Crippen LogP contribution in [0.15, 0.2) is 47.3 Å². The summed E-state index contributed by atoms with van der Waals surface area (Å²) >= 11 is 0. The van der Waals surface area contributed by atoms with Gasteiger partial charge in [0, 0.05) is 24.1 Å². The lowest BCUT2D eigenvalue weighted by Crippen LogP contribution is -2.13. The maximum Gasteiger partial charge on any atom is 0.323 e. The quantitative estimate of drug-likeness (QED) is 0.569. The summed E-state index contributed by atoms with van der Waals surface area (Å²) in [4.78, 5) is 40.8. The number of aromatic nitrogens is 2. The average molecular weight is 351 g/mol. The molecule has 0 aliphatic carbocycles. The van der Waals surface area contributed by atoms with E-state index in [1.54, 1.807) is 18.2 Å². The highest BCUT2D eigenvalue weighted by Crippen LogP contribution is 2.15. The Balaban J connectivity index is 1.55. The maximum absolute atomic E-state index is 12.2. The molecule has 0 aliphatic rings. The molecule has 6 heteroatoms. The highest BCUT2D eigenvalue weighted by molar-refractivity contribution is 6.00. The molecule has 0 spiro atoms. The lowest BCUT2D eigenvalue weighted by atomic mass is 10.0. The van der Waals surface area contributed by atoms with Crippen molar-refractivity contribution in [3.05, 3.63) is 64.1 Å². The molecule has 0 saturated heterocycles. The predicted octanol–water partition coefficient (Wildman–Crippen LogP) is 3.41. The molecule has 1 amide bonds. The third kappa shape index (κ3) is 4.27. The Labute approximate surface area is 150 Å². The Morgan fingerprint density at radius 1 is 0.962 bits per heavy atom. The van der Waals surface area contributed by atoms with Crippen molar-refractivity contribution in [3.63, 3.8) is 0 Å². The van der Waals surface area contributed by atoms with Gasteiger partial charge in [0.05, 0.1) is 11.0 Å². The fraction of sp³-hybridized carbons (Fsp3) is 0.250. The first kappa shape index (κ1) is 17.7. The number of aryl methyl sites for hydroxylation is 1. The summed E-state index contributed by atoms with van der Waals surface area (Å²) < 4.78 is 0. The number of fused-ring (bicyclic) bond motifs is 1. The van der Waals surface area contributed by atoms with E-state index in [2.05, 4.69) is 22.2 Å². The number of anilines is 1. The van der Waals surface area contributed by atoms with Crippen molar-refractivity contribution in [1.29, 1.82) is 0 Å². The summed E-state index contributed by atoms with van der Waals surface area (Å²) in [5.41, 5.74) is 3.42. The van der Waals surface area contributed by atoms with Crippen molar-refractivity contribution in [2.75, 3.05) is 5.32 Å². The van der Waals surface area contributed by atoms with Crippen LogP contribution in [0.25, 0.3) is 11.0 Å². The van der Waals surface area contributed by atoms with Gasteiger partial charge in [0.2, 0.25) is 5.91 Å². The molecule has 3 rings (SSSR count). The van der Waals surface area contributed by atoms with Gasteiger partial charge in [-0.25, -0.2) is 4.79 Å². The molecule has 6 nitrogen and oxygen atoms in total. The number of aromatic amines is 2. The molecule has 0 saturated carbocycles. The molecule has 134 valence electrons. The Morgan fingerprint density at radius 3 is 2.42 bits per heavy atom. The molecule has 0 atom stereocenters. The smallest absolute Gasteiger partial charge is 0.323 e. The molecule has 0 aliphatic heterocycles. The minimum Gasteiger partial charge on any atom is -0.326 e. The van der Waals surface area contributed by atoms with Gasteiger partial charge in [0.15, 0.2) is 5.78 Å².